The average Bonchev–Trinajstić information content (AvgIpc) is 2.42. The molecule has 0 amide bonds. The SMILES string of the molecule is Fc1cc(F)c(C(Cl)c2ccccc2OC(F)F)cc1F. The number of hydrogen-bond acceptors (Lipinski definition) is 1. The lowest BCUT2D eigenvalue weighted by molar-refractivity contribution is -0.0504. The standard InChI is InChI=1S/C14H8ClF5O/c15-13(8-5-10(17)11(18)6-9(8)16)7-3-1-2-4-12(7)21-14(19)20/h1-6,13-14H. The van der Waals surface area contributed by atoms with Crippen LogP contribution in [0, 0.1) is 17.5 Å². The zero-order valence-electron chi connectivity index (χ0n) is 10.3. The number of halogens is 6. The fourth-order valence-corrected chi connectivity index (χ4v) is 2.14. The van der Waals surface area contributed by atoms with E-state index in [-0.39, 0.29) is 16.9 Å². The number of alkyl halides is 3. The van der Waals surface area contributed by atoms with Crippen LogP contribution in [0.2, 0.25) is 0 Å². The molecule has 0 spiro atoms. The van der Waals surface area contributed by atoms with Crippen LogP contribution in [0.1, 0.15) is 16.5 Å². The summed E-state index contributed by atoms with van der Waals surface area (Å²) < 4.78 is 68.7. The van der Waals surface area contributed by atoms with Gasteiger partial charge in [0, 0.05) is 17.2 Å². The summed E-state index contributed by atoms with van der Waals surface area (Å²) in [6, 6.07) is 6.37. The quantitative estimate of drug-likeness (QED) is 0.435. The molecule has 1 atom stereocenters. The molecule has 7 heteroatoms. The Hall–Kier alpha value is -1.82. The normalized spacial score (nSPS) is 12.5. The lowest BCUT2D eigenvalue weighted by Crippen LogP contribution is -2.07. The van der Waals surface area contributed by atoms with E-state index in [2.05, 4.69) is 4.74 Å². The molecular weight excluding hydrogens is 315 g/mol. The van der Waals surface area contributed by atoms with Gasteiger partial charge in [0.2, 0.25) is 0 Å². The molecule has 0 aliphatic heterocycles. The van der Waals surface area contributed by atoms with E-state index in [4.69, 9.17) is 11.6 Å². The minimum atomic E-state index is -3.09. The van der Waals surface area contributed by atoms with Gasteiger partial charge in [-0.25, -0.2) is 13.2 Å². The Morgan fingerprint density at radius 1 is 0.857 bits per heavy atom. The molecule has 0 bridgehead atoms. The second kappa shape index (κ2) is 6.30. The summed E-state index contributed by atoms with van der Waals surface area (Å²) >= 11 is 6.00. The second-order valence-corrected chi connectivity index (χ2v) is 4.50. The molecule has 0 saturated heterocycles. The molecule has 2 aromatic rings. The molecule has 1 unspecified atom stereocenters. The third kappa shape index (κ3) is 3.44. The predicted octanol–water partition coefficient (Wildman–Crippen LogP) is 5.03. The number of ether oxygens (including phenoxy) is 1. The van der Waals surface area contributed by atoms with Crippen LogP contribution in [0.15, 0.2) is 36.4 Å². The van der Waals surface area contributed by atoms with E-state index in [1.54, 1.807) is 0 Å². The minimum absolute atomic E-state index is 0.0179. The van der Waals surface area contributed by atoms with Crippen molar-refractivity contribution < 1.29 is 26.7 Å². The number of para-hydroxylation sites is 1. The Labute approximate surface area is 121 Å². The monoisotopic (exact) mass is 322 g/mol. The molecule has 2 aromatic carbocycles. The van der Waals surface area contributed by atoms with E-state index in [9.17, 15) is 22.0 Å². The first-order valence-electron chi connectivity index (χ1n) is 5.72. The molecule has 1 nitrogen and oxygen atoms in total. The van der Waals surface area contributed by atoms with Gasteiger partial charge < -0.3 is 4.74 Å². The molecule has 0 saturated carbocycles. The minimum Gasteiger partial charge on any atom is -0.434 e. The van der Waals surface area contributed by atoms with Crippen molar-refractivity contribution >= 4 is 11.6 Å². The maximum absolute atomic E-state index is 13.7. The van der Waals surface area contributed by atoms with Crippen molar-refractivity contribution in [3.8, 4) is 5.75 Å². The topological polar surface area (TPSA) is 9.23 Å². The van der Waals surface area contributed by atoms with Gasteiger partial charge in [0.25, 0.3) is 0 Å². The van der Waals surface area contributed by atoms with Crippen LogP contribution in [0.3, 0.4) is 0 Å². The molecule has 0 aliphatic rings. The number of rotatable bonds is 4. The van der Waals surface area contributed by atoms with Gasteiger partial charge in [-0.3, -0.25) is 0 Å². The molecule has 112 valence electrons. The van der Waals surface area contributed by atoms with Crippen molar-refractivity contribution in [3.05, 3.63) is 65.0 Å². The highest BCUT2D eigenvalue weighted by Gasteiger charge is 2.22. The van der Waals surface area contributed by atoms with E-state index < -0.39 is 29.4 Å². The van der Waals surface area contributed by atoms with E-state index in [0.717, 1.165) is 0 Å². The van der Waals surface area contributed by atoms with Crippen molar-refractivity contribution in [1.82, 2.24) is 0 Å². The first-order valence-corrected chi connectivity index (χ1v) is 6.16. The Morgan fingerprint density at radius 3 is 2.14 bits per heavy atom. The maximum Gasteiger partial charge on any atom is 0.387 e. The summed E-state index contributed by atoms with van der Waals surface area (Å²) in [5.41, 5.74) is -0.356. The van der Waals surface area contributed by atoms with Gasteiger partial charge in [-0.05, 0) is 12.1 Å². The third-order valence-corrected chi connectivity index (χ3v) is 3.19. The van der Waals surface area contributed by atoms with Gasteiger partial charge in [0.1, 0.15) is 11.6 Å². The Kier molecular flexibility index (Phi) is 4.67. The number of hydrogen-bond donors (Lipinski definition) is 0. The van der Waals surface area contributed by atoms with E-state index in [1.807, 2.05) is 0 Å². The summed E-state index contributed by atoms with van der Waals surface area (Å²) in [7, 11) is 0. The third-order valence-electron chi connectivity index (χ3n) is 2.72. The molecule has 2 rings (SSSR count). The molecular formula is C14H8ClF5O. The zero-order valence-corrected chi connectivity index (χ0v) is 11.1. The van der Waals surface area contributed by atoms with Crippen molar-refractivity contribution in [3.63, 3.8) is 0 Å². The first kappa shape index (κ1) is 15.6. The summed E-state index contributed by atoms with van der Waals surface area (Å²) in [6.07, 6.45) is 0. The van der Waals surface area contributed by atoms with E-state index in [1.165, 1.54) is 24.3 Å². The van der Waals surface area contributed by atoms with Gasteiger partial charge in [0.05, 0.1) is 5.38 Å². The summed E-state index contributed by atoms with van der Waals surface area (Å²) in [6.45, 7) is -3.09. The maximum atomic E-state index is 13.7. The number of benzene rings is 2. The summed E-state index contributed by atoms with van der Waals surface area (Å²) in [5.74, 6) is -4.00. The molecule has 0 aromatic heterocycles. The zero-order chi connectivity index (χ0) is 15.6. The van der Waals surface area contributed by atoms with E-state index >= 15 is 0 Å². The Bertz CT molecular complexity index is 647. The molecule has 0 N–H and O–H groups in total. The fourth-order valence-electron chi connectivity index (χ4n) is 1.79. The summed E-state index contributed by atoms with van der Waals surface area (Å²) in [5, 5.41) is -1.31. The second-order valence-electron chi connectivity index (χ2n) is 4.07. The van der Waals surface area contributed by atoms with Crippen LogP contribution in [0.4, 0.5) is 22.0 Å². The van der Waals surface area contributed by atoms with Gasteiger partial charge in [-0.1, -0.05) is 18.2 Å². The van der Waals surface area contributed by atoms with Crippen molar-refractivity contribution in [2.45, 2.75) is 12.0 Å². The highest BCUT2D eigenvalue weighted by Crippen LogP contribution is 2.37. The molecule has 0 heterocycles. The van der Waals surface area contributed by atoms with Crippen LogP contribution in [-0.2, 0) is 0 Å². The van der Waals surface area contributed by atoms with Crippen LogP contribution in [0.25, 0.3) is 0 Å². The lowest BCUT2D eigenvalue weighted by Gasteiger charge is -2.16. The van der Waals surface area contributed by atoms with Crippen LogP contribution >= 0.6 is 11.6 Å². The van der Waals surface area contributed by atoms with Crippen LogP contribution in [-0.4, -0.2) is 6.61 Å². The largest absolute Gasteiger partial charge is 0.434 e. The van der Waals surface area contributed by atoms with Gasteiger partial charge in [-0.2, -0.15) is 8.78 Å². The Balaban J connectivity index is 2.45. The van der Waals surface area contributed by atoms with Crippen LogP contribution in [0.5, 0.6) is 5.75 Å². The Morgan fingerprint density at radius 2 is 1.48 bits per heavy atom. The van der Waals surface area contributed by atoms with Gasteiger partial charge in [0.15, 0.2) is 11.6 Å². The van der Waals surface area contributed by atoms with E-state index in [0.29, 0.717) is 12.1 Å². The first-order chi connectivity index (χ1) is 9.90. The van der Waals surface area contributed by atoms with Crippen molar-refractivity contribution in [2.75, 3.05) is 0 Å². The van der Waals surface area contributed by atoms with Crippen molar-refractivity contribution in [1.29, 1.82) is 0 Å². The van der Waals surface area contributed by atoms with Gasteiger partial charge >= 0.3 is 6.61 Å². The molecule has 21 heavy (non-hydrogen) atoms. The fraction of sp³-hybridized carbons (Fsp3) is 0.143. The molecule has 0 aliphatic carbocycles. The molecule has 0 fully saturated rings. The highest BCUT2D eigenvalue weighted by atomic mass is 35.5. The highest BCUT2D eigenvalue weighted by molar-refractivity contribution is 6.22. The smallest absolute Gasteiger partial charge is 0.387 e. The predicted molar refractivity (Wildman–Crippen MR) is 67.1 cm³/mol. The van der Waals surface area contributed by atoms with Crippen LogP contribution < -0.4 is 4.74 Å². The summed E-state index contributed by atoms with van der Waals surface area (Å²) in [4.78, 5) is 0. The van der Waals surface area contributed by atoms with Crippen molar-refractivity contribution in [2.24, 2.45) is 0 Å². The molecule has 0 radical (unpaired) electrons. The van der Waals surface area contributed by atoms with Gasteiger partial charge in [-0.15, -0.1) is 11.6 Å². The lowest BCUT2D eigenvalue weighted by atomic mass is 10.0. The average molecular weight is 323 g/mol.